The van der Waals surface area contributed by atoms with Crippen molar-refractivity contribution < 1.29 is 22.7 Å². The van der Waals surface area contributed by atoms with Crippen LogP contribution in [0.25, 0.3) is 0 Å². The Balaban J connectivity index is 1.52. The molecule has 0 spiro atoms. The summed E-state index contributed by atoms with van der Waals surface area (Å²) >= 11 is 0. The molecule has 33 heavy (non-hydrogen) atoms. The number of ether oxygens (including phenoxy) is 1. The second-order valence-electron chi connectivity index (χ2n) is 7.00. The molecule has 4 rings (SSSR count). The van der Waals surface area contributed by atoms with Crippen molar-refractivity contribution in [1.29, 1.82) is 0 Å². The van der Waals surface area contributed by atoms with E-state index in [-0.39, 0.29) is 17.1 Å². The Morgan fingerprint density at radius 3 is 2.30 bits per heavy atom. The number of aromatic nitrogens is 1. The van der Waals surface area contributed by atoms with Crippen molar-refractivity contribution in [1.82, 2.24) is 4.98 Å². The van der Waals surface area contributed by atoms with E-state index < -0.39 is 17.6 Å². The van der Waals surface area contributed by atoms with E-state index in [2.05, 4.69) is 15.6 Å². The van der Waals surface area contributed by atoms with E-state index in [1.807, 2.05) is 30.3 Å². The van der Waals surface area contributed by atoms with Crippen LogP contribution in [-0.2, 0) is 6.18 Å². The molecule has 0 aliphatic rings. The predicted octanol–water partition coefficient (Wildman–Crippen LogP) is 6.89. The molecule has 8 heteroatoms. The monoisotopic (exact) mass is 449 g/mol. The average Bonchev–Trinajstić information content (AvgIpc) is 2.80. The maximum Gasteiger partial charge on any atom is 0.416 e. The molecule has 0 unspecified atom stereocenters. The number of nitrogens with zero attached hydrogens (tertiary/aromatic N) is 1. The lowest BCUT2D eigenvalue weighted by molar-refractivity contribution is -0.137. The average molecular weight is 449 g/mol. The number of hydrogen-bond donors (Lipinski definition) is 2. The molecule has 3 aromatic carbocycles. The van der Waals surface area contributed by atoms with Crippen molar-refractivity contribution in [3.05, 3.63) is 108 Å². The van der Waals surface area contributed by atoms with Crippen LogP contribution < -0.4 is 15.4 Å². The number of halogens is 3. The lowest BCUT2D eigenvalue weighted by Crippen LogP contribution is -2.15. The molecule has 0 aliphatic heterocycles. The second kappa shape index (κ2) is 9.44. The number of pyridine rings is 1. The van der Waals surface area contributed by atoms with Gasteiger partial charge in [0, 0.05) is 23.6 Å². The van der Waals surface area contributed by atoms with Crippen molar-refractivity contribution in [3.63, 3.8) is 0 Å². The first-order valence-corrected chi connectivity index (χ1v) is 9.92. The number of anilines is 3. The molecule has 0 atom stereocenters. The van der Waals surface area contributed by atoms with Gasteiger partial charge in [-0.05, 0) is 54.6 Å². The van der Waals surface area contributed by atoms with Crippen LogP contribution in [0.5, 0.6) is 11.5 Å². The highest BCUT2D eigenvalue weighted by Gasteiger charge is 2.30. The smallest absolute Gasteiger partial charge is 0.416 e. The minimum atomic E-state index is -4.48. The molecule has 0 bridgehead atoms. The maximum atomic E-state index is 13.0. The predicted molar refractivity (Wildman–Crippen MR) is 120 cm³/mol. The van der Waals surface area contributed by atoms with Crippen molar-refractivity contribution in [2.45, 2.75) is 6.18 Å². The summed E-state index contributed by atoms with van der Waals surface area (Å²) in [5, 5.41) is 5.57. The highest BCUT2D eigenvalue weighted by Crippen LogP contribution is 2.32. The molecular formula is C25H18F3N3O2. The largest absolute Gasteiger partial charge is 0.457 e. The van der Waals surface area contributed by atoms with E-state index in [4.69, 9.17) is 4.74 Å². The first-order valence-electron chi connectivity index (χ1n) is 9.92. The Kier molecular flexibility index (Phi) is 6.26. The van der Waals surface area contributed by atoms with Crippen molar-refractivity contribution in [3.8, 4) is 11.5 Å². The molecule has 0 radical (unpaired) electrons. The third kappa shape index (κ3) is 5.68. The van der Waals surface area contributed by atoms with E-state index >= 15 is 0 Å². The summed E-state index contributed by atoms with van der Waals surface area (Å²) in [6, 6.07) is 23.8. The Labute approximate surface area is 187 Å². The molecule has 5 nitrogen and oxygen atoms in total. The Morgan fingerprint density at radius 1 is 0.788 bits per heavy atom. The van der Waals surface area contributed by atoms with Gasteiger partial charge in [0.15, 0.2) is 0 Å². The summed E-state index contributed by atoms with van der Waals surface area (Å²) in [6.45, 7) is 0. The fraction of sp³-hybridized carbons (Fsp3) is 0.0400. The molecule has 1 aromatic heterocycles. The van der Waals surface area contributed by atoms with Crippen LogP contribution in [0.2, 0.25) is 0 Å². The number of carbonyl (C=O) groups is 1. The van der Waals surface area contributed by atoms with Gasteiger partial charge in [0.1, 0.15) is 17.3 Å². The zero-order valence-electron chi connectivity index (χ0n) is 17.1. The Morgan fingerprint density at radius 2 is 1.52 bits per heavy atom. The van der Waals surface area contributed by atoms with Gasteiger partial charge in [-0.15, -0.1) is 0 Å². The molecular weight excluding hydrogens is 431 g/mol. The van der Waals surface area contributed by atoms with Gasteiger partial charge in [0.2, 0.25) is 0 Å². The highest BCUT2D eigenvalue weighted by atomic mass is 19.4. The molecule has 166 valence electrons. The maximum absolute atomic E-state index is 13.0. The topological polar surface area (TPSA) is 63.2 Å². The van der Waals surface area contributed by atoms with Crippen molar-refractivity contribution in [2.24, 2.45) is 0 Å². The standard InChI is InChI=1S/C25H18F3N3O2/c26-25(27,28)17-7-4-8-18(15-17)30-23-22(13-6-14-29-23)24(32)31-19-9-5-12-21(16-19)33-20-10-2-1-3-11-20/h1-16H,(H,29,30)(H,31,32). The van der Waals surface area contributed by atoms with Gasteiger partial charge < -0.3 is 15.4 Å². The number of hydrogen-bond acceptors (Lipinski definition) is 4. The van der Waals surface area contributed by atoms with Crippen LogP contribution in [0.3, 0.4) is 0 Å². The molecule has 0 aliphatic carbocycles. The van der Waals surface area contributed by atoms with Gasteiger partial charge in [-0.3, -0.25) is 4.79 Å². The van der Waals surface area contributed by atoms with Crippen LogP contribution >= 0.6 is 0 Å². The van der Waals surface area contributed by atoms with Crippen LogP contribution in [0.1, 0.15) is 15.9 Å². The van der Waals surface area contributed by atoms with E-state index in [1.54, 1.807) is 30.3 Å². The van der Waals surface area contributed by atoms with Crippen LogP contribution in [0, 0.1) is 0 Å². The number of alkyl halides is 3. The minimum absolute atomic E-state index is 0.131. The summed E-state index contributed by atoms with van der Waals surface area (Å²) in [5.74, 6) is 0.841. The Bertz CT molecular complexity index is 1260. The van der Waals surface area contributed by atoms with Gasteiger partial charge in [-0.1, -0.05) is 30.3 Å². The van der Waals surface area contributed by atoms with Crippen LogP contribution in [0.4, 0.5) is 30.4 Å². The summed E-state index contributed by atoms with van der Waals surface area (Å²) in [5.41, 5.74) is 0.0205. The first kappa shape index (κ1) is 21.9. The van der Waals surface area contributed by atoms with E-state index in [1.165, 1.54) is 24.4 Å². The molecule has 4 aromatic rings. The van der Waals surface area contributed by atoms with Gasteiger partial charge in [-0.25, -0.2) is 4.98 Å². The number of carbonyl (C=O) groups excluding carboxylic acids is 1. The fourth-order valence-corrected chi connectivity index (χ4v) is 3.06. The summed E-state index contributed by atoms with van der Waals surface area (Å²) in [7, 11) is 0. The summed E-state index contributed by atoms with van der Waals surface area (Å²) < 4.78 is 44.8. The lowest BCUT2D eigenvalue weighted by atomic mass is 10.1. The number of amides is 1. The number of nitrogens with one attached hydrogen (secondary N) is 2. The zero-order chi connectivity index (χ0) is 23.3. The lowest BCUT2D eigenvalue weighted by Gasteiger charge is -2.13. The van der Waals surface area contributed by atoms with E-state index in [0.29, 0.717) is 17.2 Å². The Hall–Kier alpha value is -4.33. The van der Waals surface area contributed by atoms with Gasteiger partial charge in [0.05, 0.1) is 11.1 Å². The third-order valence-electron chi connectivity index (χ3n) is 4.58. The summed E-state index contributed by atoms with van der Waals surface area (Å²) in [6.07, 6.45) is -3.03. The molecule has 0 saturated heterocycles. The van der Waals surface area contributed by atoms with Gasteiger partial charge in [-0.2, -0.15) is 13.2 Å². The molecule has 1 heterocycles. The minimum Gasteiger partial charge on any atom is -0.457 e. The van der Waals surface area contributed by atoms with Crippen LogP contribution in [0.15, 0.2) is 97.2 Å². The fourth-order valence-electron chi connectivity index (χ4n) is 3.06. The molecule has 0 fully saturated rings. The van der Waals surface area contributed by atoms with Gasteiger partial charge in [0.25, 0.3) is 5.91 Å². The third-order valence-corrected chi connectivity index (χ3v) is 4.58. The molecule has 2 N–H and O–H groups in total. The van der Waals surface area contributed by atoms with Gasteiger partial charge >= 0.3 is 6.18 Å². The number of para-hydroxylation sites is 1. The van der Waals surface area contributed by atoms with Crippen molar-refractivity contribution >= 4 is 23.1 Å². The van der Waals surface area contributed by atoms with Crippen molar-refractivity contribution in [2.75, 3.05) is 10.6 Å². The highest BCUT2D eigenvalue weighted by molar-refractivity contribution is 6.07. The SMILES string of the molecule is O=C(Nc1cccc(Oc2ccccc2)c1)c1cccnc1Nc1cccc(C(F)(F)F)c1. The van der Waals surface area contributed by atoms with Crippen LogP contribution in [-0.4, -0.2) is 10.9 Å². The number of rotatable bonds is 6. The molecule has 1 amide bonds. The van der Waals surface area contributed by atoms with E-state index in [9.17, 15) is 18.0 Å². The number of benzene rings is 3. The first-order chi connectivity index (χ1) is 15.9. The summed E-state index contributed by atoms with van der Waals surface area (Å²) in [4.78, 5) is 17.0. The normalized spacial score (nSPS) is 11.0. The second-order valence-corrected chi connectivity index (χ2v) is 7.00. The quantitative estimate of drug-likeness (QED) is 0.337. The van der Waals surface area contributed by atoms with E-state index in [0.717, 1.165) is 12.1 Å². The zero-order valence-corrected chi connectivity index (χ0v) is 17.1. The molecule has 0 saturated carbocycles.